The van der Waals surface area contributed by atoms with Crippen molar-refractivity contribution in [3.8, 4) is 50.6 Å². The third-order valence-corrected chi connectivity index (χ3v) is 17.3. The fraction of sp³-hybridized carbons (Fsp3) is 0. The Bertz CT molecular complexity index is 2060. The monoisotopic (exact) mass is 684 g/mol. The molecular formula is C36H27N6O3P3. The summed E-state index contributed by atoms with van der Waals surface area (Å²) in [5.74, 6) is 2.00. The van der Waals surface area contributed by atoms with Crippen LogP contribution in [-0.4, -0.2) is 0 Å². The topological polar surface area (TPSA) is 101 Å². The average molecular weight is 685 g/mol. The van der Waals surface area contributed by atoms with Crippen molar-refractivity contribution >= 4 is 39.8 Å². The van der Waals surface area contributed by atoms with Crippen LogP contribution >= 0.6 is 22.7 Å². The smallest absolute Gasteiger partial charge is 0.362 e. The van der Waals surface area contributed by atoms with Crippen LogP contribution in [0, 0.1) is 0 Å². The number of benzene rings is 6. The number of nitrogens with one attached hydrogen (secondary N) is 3. The highest BCUT2D eigenvalue weighted by Gasteiger charge is 2.47. The molecule has 0 amide bonds. The predicted octanol–water partition coefficient (Wildman–Crippen LogP) is 12.4. The summed E-state index contributed by atoms with van der Waals surface area (Å²) < 4.78 is 37.7. The summed E-state index contributed by atoms with van der Waals surface area (Å²) in [5.41, 5.74) is 8.38. The molecule has 4 heterocycles. The van der Waals surface area contributed by atoms with Crippen LogP contribution in [0.2, 0.25) is 0 Å². The van der Waals surface area contributed by atoms with Gasteiger partial charge in [-0.25, -0.2) is 0 Å². The van der Waals surface area contributed by atoms with E-state index in [4.69, 9.17) is 27.1 Å². The Morgan fingerprint density at radius 2 is 0.562 bits per heavy atom. The quantitative estimate of drug-likeness (QED) is 0.138. The van der Waals surface area contributed by atoms with E-state index in [9.17, 15) is 0 Å². The second-order valence-electron chi connectivity index (χ2n) is 11.6. The molecular weight excluding hydrogens is 657 g/mol. The van der Waals surface area contributed by atoms with Gasteiger partial charge in [-0.05, 0) is 36.4 Å². The largest absolute Gasteiger partial charge is 0.426 e. The number of rotatable bonds is 0. The summed E-state index contributed by atoms with van der Waals surface area (Å²) in [6.45, 7) is 0. The molecule has 4 aliphatic rings. The van der Waals surface area contributed by atoms with Crippen molar-refractivity contribution in [3.05, 3.63) is 146 Å². The van der Waals surface area contributed by atoms with E-state index in [1.54, 1.807) is 0 Å². The van der Waals surface area contributed by atoms with Crippen molar-refractivity contribution in [2.24, 2.45) is 13.5 Å². The maximum atomic E-state index is 7.08. The van der Waals surface area contributed by atoms with Gasteiger partial charge in [-0.2, -0.15) is 0 Å². The lowest BCUT2D eigenvalue weighted by molar-refractivity contribution is 0.588. The van der Waals surface area contributed by atoms with Crippen molar-refractivity contribution in [1.82, 2.24) is 0 Å². The van der Waals surface area contributed by atoms with Crippen LogP contribution in [0.3, 0.4) is 0 Å². The van der Waals surface area contributed by atoms with Crippen LogP contribution in [0.5, 0.6) is 17.2 Å². The van der Waals surface area contributed by atoms with Crippen LogP contribution in [0.25, 0.3) is 33.4 Å². The molecule has 0 aliphatic carbocycles. The first kappa shape index (κ1) is 27.9. The van der Waals surface area contributed by atoms with Gasteiger partial charge in [0.05, 0.1) is 17.1 Å². The van der Waals surface area contributed by atoms with Gasteiger partial charge in [-0.3, -0.25) is 0 Å². The Morgan fingerprint density at radius 3 is 0.875 bits per heavy atom. The highest BCUT2D eigenvalue weighted by Crippen LogP contribution is 2.79. The lowest BCUT2D eigenvalue weighted by Crippen LogP contribution is -2.12. The molecule has 9 nitrogen and oxygen atoms in total. The zero-order valence-electron chi connectivity index (χ0n) is 25.3. The summed E-state index contributed by atoms with van der Waals surface area (Å²) in [6.07, 6.45) is 0. The van der Waals surface area contributed by atoms with E-state index in [1.165, 1.54) is 0 Å². The van der Waals surface area contributed by atoms with E-state index in [0.717, 1.165) is 50.4 Å². The van der Waals surface area contributed by atoms with Gasteiger partial charge in [0.15, 0.2) is 0 Å². The van der Waals surface area contributed by atoms with Crippen LogP contribution in [0.4, 0.5) is 17.1 Å². The van der Waals surface area contributed by atoms with E-state index in [0.29, 0.717) is 17.2 Å². The first-order valence-electron chi connectivity index (χ1n) is 15.5. The molecule has 0 saturated heterocycles. The number of fused-ring (bicyclic) bond motifs is 9. The van der Waals surface area contributed by atoms with Crippen molar-refractivity contribution in [3.63, 3.8) is 0 Å². The molecule has 4 aliphatic heterocycles. The molecule has 0 bridgehead atoms. The van der Waals surface area contributed by atoms with Gasteiger partial charge in [-0.1, -0.05) is 109 Å². The Balaban J connectivity index is 1.31. The fourth-order valence-electron chi connectivity index (χ4n) is 6.49. The van der Waals surface area contributed by atoms with Crippen LogP contribution < -0.4 is 28.8 Å². The molecule has 48 heavy (non-hydrogen) atoms. The molecule has 0 radical (unpaired) electrons. The molecule has 0 unspecified atom stereocenters. The van der Waals surface area contributed by atoms with E-state index < -0.39 is 22.7 Å². The Labute approximate surface area is 277 Å². The highest BCUT2D eigenvalue weighted by molar-refractivity contribution is 7.84. The van der Waals surface area contributed by atoms with E-state index in [2.05, 4.69) is 51.7 Å². The van der Waals surface area contributed by atoms with Crippen molar-refractivity contribution in [1.29, 1.82) is 0 Å². The van der Waals surface area contributed by atoms with Crippen LogP contribution in [-0.2, 0) is 0 Å². The third kappa shape index (κ3) is 4.43. The second-order valence-corrected chi connectivity index (χ2v) is 18.3. The lowest BCUT2D eigenvalue weighted by atomic mass is 10.0. The summed E-state index contributed by atoms with van der Waals surface area (Å²) >= 11 is 0. The van der Waals surface area contributed by atoms with Gasteiger partial charge in [0.2, 0.25) is 0 Å². The standard InChI is InChI=1S/C36H27N6O3P3/c1-7-19-31-25(13-1)28-16-4-10-22-34(28)43-46(37-31)40-47(38-32-20-8-2-14-26(32)29-17-5-11-23-35(29)44-47)42-48(41-46)39-33-21-9-3-15-27(33)30-18-6-12-24-36(30)45-48/h1-24,37-39H. The van der Waals surface area contributed by atoms with Gasteiger partial charge in [0.1, 0.15) is 17.2 Å². The van der Waals surface area contributed by atoms with Gasteiger partial charge >= 0.3 is 22.7 Å². The van der Waals surface area contributed by atoms with Crippen molar-refractivity contribution in [2.75, 3.05) is 15.3 Å². The van der Waals surface area contributed by atoms with Gasteiger partial charge < -0.3 is 28.8 Å². The number of hydrogen-bond donors (Lipinski definition) is 3. The zero-order chi connectivity index (χ0) is 31.8. The minimum Gasteiger partial charge on any atom is -0.426 e. The SMILES string of the molecule is c1ccc2c(c1)NP1(=NP3(=NP4(=N1)Nc1ccccc1-c1ccccc1O4)Nc1ccccc1-c1ccccc1O3)Oc1ccccc1-2. The molecule has 234 valence electrons. The van der Waals surface area contributed by atoms with Crippen LogP contribution in [0.15, 0.2) is 159 Å². The molecule has 0 saturated carbocycles. The minimum absolute atomic E-state index is 0.667. The molecule has 3 spiro atoms. The first-order valence-corrected chi connectivity index (χ1v) is 20.3. The molecule has 6 aromatic carbocycles. The summed E-state index contributed by atoms with van der Waals surface area (Å²) in [4.78, 5) is 0. The van der Waals surface area contributed by atoms with E-state index in [1.807, 2.05) is 109 Å². The fourth-order valence-corrected chi connectivity index (χ4v) is 16.7. The Kier molecular flexibility index (Phi) is 6.04. The second kappa shape index (κ2) is 10.4. The Morgan fingerprint density at radius 1 is 0.312 bits per heavy atom. The number of anilines is 3. The van der Waals surface area contributed by atoms with Crippen molar-refractivity contribution in [2.45, 2.75) is 0 Å². The molecule has 3 N–H and O–H groups in total. The summed E-state index contributed by atoms with van der Waals surface area (Å²) in [7, 11) is -10.2. The van der Waals surface area contributed by atoms with Gasteiger partial charge in [-0.15, -0.1) is 13.5 Å². The molecule has 10 rings (SSSR count). The molecule has 0 atom stereocenters. The normalized spacial score (nSPS) is 23.5. The Hall–Kier alpha value is -5.19. The number of hydrogen-bond acceptors (Lipinski definition) is 9. The van der Waals surface area contributed by atoms with Crippen molar-refractivity contribution < 1.29 is 13.6 Å². The third-order valence-electron chi connectivity index (χ3n) is 8.52. The predicted molar refractivity (Wildman–Crippen MR) is 196 cm³/mol. The van der Waals surface area contributed by atoms with Crippen LogP contribution in [0.1, 0.15) is 0 Å². The zero-order valence-corrected chi connectivity index (χ0v) is 27.9. The minimum atomic E-state index is -3.42. The summed E-state index contributed by atoms with van der Waals surface area (Å²) in [6, 6.07) is 48.4. The summed E-state index contributed by atoms with van der Waals surface area (Å²) in [5, 5.41) is 11.1. The maximum absolute atomic E-state index is 7.08. The lowest BCUT2D eigenvalue weighted by Gasteiger charge is -2.34. The first-order chi connectivity index (χ1) is 23.6. The van der Waals surface area contributed by atoms with E-state index >= 15 is 0 Å². The number of para-hydroxylation sites is 6. The maximum Gasteiger partial charge on any atom is 0.362 e. The highest BCUT2D eigenvalue weighted by atomic mass is 31.3. The molecule has 0 aromatic heterocycles. The average Bonchev–Trinajstić information content (AvgIpc) is 3.38. The molecule has 0 fully saturated rings. The van der Waals surface area contributed by atoms with E-state index in [-0.39, 0.29) is 0 Å². The molecule has 12 heteroatoms. The number of nitrogens with zero attached hydrogens (tertiary/aromatic N) is 3. The molecule has 6 aromatic rings. The van der Waals surface area contributed by atoms with Gasteiger partial charge in [0.25, 0.3) is 0 Å². The van der Waals surface area contributed by atoms with Gasteiger partial charge in [0, 0.05) is 33.4 Å².